The van der Waals surface area contributed by atoms with Gasteiger partial charge in [0.1, 0.15) is 34.2 Å². The van der Waals surface area contributed by atoms with Crippen molar-refractivity contribution in [3.8, 4) is 23.0 Å². The van der Waals surface area contributed by atoms with Gasteiger partial charge in [-0.25, -0.2) is 0 Å². The monoisotopic (exact) mass is 628 g/mol. The molecule has 2 aliphatic heterocycles. The standard InChI is InChI=1S/C20H32O2S.C17H24O2S/c1-6-7-8-9-12-23-13-17-16-10-11-20(4,5)22-19(16)15(3)14(2)18(17)21;1-6-9-20-10-14-13-7-8-17(4,5)19-16(13)12(3)11(2)15(14)18/h21H,6-13H2,1-5H3;6,18H,1,7-10H2,2-5H3. The van der Waals surface area contributed by atoms with Gasteiger partial charge in [0.15, 0.2) is 0 Å². The van der Waals surface area contributed by atoms with E-state index in [2.05, 4.69) is 48.1 Å². The molecular weight excluding hydrogens is 573 g/mol. The Kier molecular flexibility index (Phi) is 12.7. The van der Waals surface area contributed by atoms with E-state index in [1.54, 1.807) is 11.8 Å². The van der Waals surface area contributed by atoms with Crippen LogP contribution >= 0.6 is 23.5 Å². The van der Waals surface area contributed by atoms with Crippen molar-refractivity contribution in [3.63, 3.8) is 0 Å². The van der Waals surface area contributed by atoms with Crippen LogP contribution in [-0.2, 0) is 24.3 Å². The zero-order valence-electron chi connectivity index (χ0n) is 28.3. The molecule has 0 radical (unpaired) electrons. The number of hydrogen-bond donors (Lipinski definition) is 2. The van der Waals surface area contributed by atoms with E-state index >= 15 is 0 Å². The molecule has 2 heterocycles. The molecular formula is C37H56O4S2. The maximum atomic E-state index is 10.6. The summed E-state index contributed by atoms with van der Waals surface area (Å²) in [6.45, 7) is 22.6. The summed E-state index contributed by atoms with van der Waals surface area (Å²) in [5.74, 6) is 6.73. The molecule has 2 aliphatic rings. The summed E-state index contributed by atoms with van der Waals surface area (Å²) in [6.07, 6.45) is 11.1. The Labute approximate surface area is 270 Å². The molecule has 6 heteroatoms. The SMILES string of the molecule is C=CCSCc1c(O)c(C)c(C)c2c1CCC(C)(C)O2.CCCCCCSCc1c(O)c(C)c(C)c2c1CCC(C)(C)O2. The molecule has 0 aliphatic carbocycles. The zero-order valence-corrected chi connectivity index (χ0v) is 29.9. The number of hydrogen-bond acceptors (Lipinski definition) is 6. The maximum Gasteiger partial charge on any atom is 0.127 e. The van der Waals surface area contributed by atoms with Gasteiger partial charge in [-0.05, 0) is 116 Å². The van der Waals surface area contributed by atoms with Gasteiger partial charge in [0.05, 0.1) is 0 Å². The minimum atomic E-state index is -0.118. The predicted molar refractivity (Wildman–Crippen MR) is 188 cm³/mol. The quantitative estimate of drug-likeness (QED) is 0.191. The second-order valence-corrected chi connectivity index (χ2v) is 15.5. The number of phenols is 2. The van der Waals surface area contributed by atoms with Crippen molar-refractivity contribution in [1.82, 2.24) is 0 Å². The molecule has 0 amide bonds. The van der Waals surface area contributed by atoms with Gasteiger partial charge in [-0.1, -0.05) is 32.3 Å². The van der Waals surface area contributed by atoms with Crippen LogP contribution in [0.15, 0.2) is 12.7 Å². The normalized spacial score (nSPS) is 16.2. The number of aromatic hydroxyl groups is 2. The number of ether oxygens (including phenoxy) is 2. The lowest BCUT2D eigenvalue weighted by Crippen LogP contribution is -2.33. The molecule has 0 bridgehead atoms. The van der Waals surface area contributed by atoms with E-state index in [0.29, 0.717) is 11.5 Å². The van der Waals surface area contributed by atoms with Crippen LogP contribution in [-0.4, -0.2) is 32.9 Å². The van der Waals surface area contributed by atoms with E-state index in [1.807, 2.05) is 38.6 Å². The van der Waals surface area contributed by atoms with Crippen LogP contribution in [0, 0.1) is 27.7 Å². The van der Waals surface area contributed by atoms with Crippen LogP contribution in [0.1, 0.15) is 118 Å². The van der Waals surface area contributed by atoms with Crippen LogP contribution < -0.4 is 9.47 Å². The van der Waals surface area contributed by atoms with Crippen LogP contribution in [0.3, 0.4) is 0 Å². The Morgan fingerprint density at radius 3 is 1.63 bits per heavy atom. The third-order valence-electron chi connectivity index (χ3n) is 8.95. The first-order chi connectivity index (χ1) is 20.2. The van der Waals surface area contributed by atoms with Crippen molar-refractivity contribution in [1.29, 1.82) is 0 Å². The first-order valence-electron chi connectivity index (χ1n) is 16.1. The minimum Gasteiger partial charge on any atom is -0.507 e. The van der Waals surface area contributed by atoms with Crippen molar-refractivity contribution >= 4 is 23.5 Å². The number of thioether (sulfide) groups is 2. The van der Waals surface area contributed by atoms with Gasteiger partial charge in [-0.2, -0.15) is 23.5 Å². The summed E-state index contributed by atoms with van der Waals surface area (Å²) >= 11 is 3.72. The Balaban J connectivity index is 0.000000238. The largest absolute Gasteiger partial charge is 0.507 e. The molecule has 2 N–H and O–H groups in total. The van der Waals surface area contributed by atoms with Gasteiger partial charge < -0.3 is 19.7 Å². The molecule has 4 nitrogen and oxygen atoms in total. The summed E-state index contributed by atoms with van der Waals surface area (Å²) in [5.41, 5.74) is 8.46. The second kappa shape index (κ2) is 15.4. The first-order valence-corrected chi connectivity index (χ1v) is 18.4. The molecule has 0 aromatic heterocycles. The highest BCUT2D eigenvalue weighted by Crippen LogP contribution is 2.46. The van der Waals surface area contributed by atoms with Crippen LogP contribution in [0.5, 0.6) is 23.0 Å². The van der Waals surface area contributed by atoms with Gasteiger partial charge in [0.2, 0.25) is 0 Å². The smallest absolute Gasteiger partial charge is 0.127 e. The first kappa shape index (κ1) is 35.6. The van der Waals surface area contributed by atoms with Crippen molar-refractivity contribution in [2.45, 2.75) is 136 Å². The molecule has 43 heavy (non-hydrogen) atoms. The molecule has 0 spiro atoms. The van der Waals surface area contributed by atoms with Crippen molar-refractivity contribution in [2.75, 3.05) is 11.5 Å². The molecule has 0 saturated heterocycles. The Morgan fingerprint density at radius 1 is 0.721 bits per heavy atom. The fourth-order valence-corrected chi connectivity index (χ4v) is 7.70. The number of unbranched alkanes of at least 4 members (excludes halogenated alkanes) is 3. The summed E-state index contributed by atoms with van der Waals surface area (Å²) in [7, 11) is 0. The highest BCUT2D eigenvalue weighted by Gasteiger charge is 2.33. The number of fused-ring (bicyclic) bond motifs is 2. The highest BCUT2D eigenvalue weighted by atomic mass is 32.2. The van der Waals surface area contributed by atoms with Crippen molar-refractivity contribution in [2.24, 2.45) is 0 Å². The van der Waals surface area contributed by atoms with Crippen molar-refractivity contribution < 1.29 is 19.7 Å². The Bertz CT molecular complexity index is 1280. The lowest BCUT2D eigenvalue weighted by Gasteiger charge is -2.35. The van der Waals surface area contributed by atoms with Gasteiger partial charge in [0, 0.05) is 39.5 Å². The summed E-state index contributed by atoms with van der Waals surface area (Å²) in [4.78, 5) is 0. The topological polar surface area (TPSA) is 58.9 Å². The molecule has 2 aromatic carbocycles. The molecule has 2 aromatic rings. The zero-order chi connectivity index (χ0) is 31.9. The summed E-state index contributed by atoms with van der Waals surface area (Å²) in [6, 6.07) is 0. The molecule has 0 saturated carbocycles. The number of phenolic OH excluding ortho intramolecular Hbond substituents is 2. The van der Waals surface area contributed by atoms with Gasteiger partial charge in [0.25, 0.3) is 0 Å². The van der Waals surface area contributed by atoms with E-state index < -0.39 is 0 Å². The number of rotatable bonds is 11. The Hall–Kier alpha value is -1.92. The average molecular weight is 629 g/mol. The van der Waals surface area contributed by atoms with Crippen LogP contribution in [0.4, 0.5) is 0 Å². The van der Waals surface area contributed by atoms with Gasteiger partial charge in [-0.15, -0.1) is 6.58 Å². The molecule has 4 rings (SSSR count). The molecule has 0 fully saturated rings. The van der Waals surface area contributed by atoms with Gasteiger partial charge >= 0.3 is 0 Å². The minimum absolute atomic E-state index is 0.105. The lowest BCUT2D eigenvalue weighted by molar-refractivity contribution is 0.0828. The van der Waals surface area contributed by atoms with E-state index in [1.165, 1.54) is 42.6 Å². The maximum absolute atomic E-state index is 10.6. The van der Waals surface area contributed by atoms with Crippen LogP contribution in [0.2, 0.25) is 0 Å². The van der Waals surface area contributed by atoms with E-state index in [0.717, 1.165) is 87.8 Å². The molecule has 0 atom stereocenters. The number of benzene rings is 2. The molecule has 240 valence electrons. The second-order valence-electron chi connectivity index (χ2n) is 13.4. The summed E-state index contributed by atoms with van der Waals surface area (Å²) < 4.78 is 12.5. The van der Waals surface area contributed by atoms with Gasteiger partial charge in [-0.3, -0.25) is 0 Å². The Morgan fingerprint density at radius 2 is 1.19 bits per heavy atom. The fraction of sp³-hybridized carbons (Fsp3) is 0.622. The van der Waals surface area contributed by atoms with E-state index in [4.69, 9.17) is 9.47 Å². The van der Waals surface area contributed by atoms with E-state index in [9.17, 15) is 10.2 Å². The fourth-order valence-electron chi connectivity index (χ4n) is 5.83. The van der Waals surface area contributed by atoms with Crippen LogP contribution in [0.25, 0.3) is 0 Å². The molecule has 0 unspecified atom stereocenters. The lowest BCUT2D eigenvalue weighted by atomic mass is 9.88. The van der Waals surface area contributed by atoms with Crippen molar-refractivity contribution in [3.05, 3.63) is 57.2 Å². The average Bonchev–Trinajstić information content (AvgIpc) is 2.96. The van der Waals surface area contributed by atoms with E-state index in [-0.39, 0.29) is 11.2 Å². The summed E-state index contributed by atoms with van der Waals surface area (Å²) in [5, 5.41) is 21.1. The third kappa shape index (κ3) is 8.84. The predicted octanol–water partition coefficient (Wildman–Crippen LogP) is 10.5. The highest BCUT2D eigenvalue weighted by molar-refractivity contribution is 7.98. The third-order valence-corrected chi connectivity index (χ3v) is 11.0.